The Balaban J connectivity index is 0.00000261. The number of ether oxygens (including phenoxy) is 2. The van der Waals surface area contributed by atoms with Crippen molar-refractivity contribution in [1.29, 1.82) is 0 Å². The van der Waals surface area contributed by atoms with Gasteiger partial charge in [-0.3, -0.25) is 4.90 Å². The van der Waals surface area contributed by atoms with E-state index in [0.29, 0.717) is 23.1 Å². The predicted molar refractivity (Wildman–Crippen MR) is 110 cm³/mol. The Hall–Kier alpha value is -1.47. The van der Waals surface area contributed by atoms with Gasteiger partial charge in [0.15, 0.2) is 11.5 Å². The minimum absolute atomic E-state index is 0. The lowest BCUT2D eigenvalue weighted by molar-refractivity contribution is 0.144. The van der Waals surface area contributed by atoms with Crippen LogP contribution in [-0.4, -0.2) is 47.8 Å². The summed E-state index contributed by atoms with van der Waals surface area (Å²) >= 11 is 6.48. The molecule has 150 valence electrons. The van der Waals surface area contributed by atoms with Gasteiger partial charge in [0.25, 0.3) is 0 Å². The number of benzene rings is 1. The molecule has 1 saturated heterocycles. The zero-order valence-electron chi connectivity index (χ0n) is 16.1. The fourth-order valence-electron chi connectivity index (χ4n) is 3.33. The van der Waals surface area contributed by atoms with Gasteiger partial charge in [0.1, 0.15) is 5.82 Å². The molecule has 0 spiro atoms. The summed E-state index contributed by atoms with van der Waals surface area (Å²) in [5.41, 5.74) is 1.11. The Kier molecular flexibility index (Phi) is 8.23. The van der Waals surface area contributed by atoms with Crippen molar-refractivity contribution < 1.29 is 9.47 Å². The van der Waals surface area contributed by atoms with Gasteiger partial charge in [-0.2, -0.15) is 0 Å². The Labute approximate surface area is 172 Å². The van der Waals surface area contributed by atoms with Crippen molar-refractivity contribution >= 4 is 24.0 Å². The maximum Gasteiger partial charge on any atom is 0.179 e. The average Bonchev–Trinajstić information content (AvgIpc) is 3.06. The topological polar surface area (TPSA) is 51.5 Å². The Morgan fingerprint density at radius 2 is 2.19 bits per heavy atom. The zero-order chi connectivity index (χ0) is 18.5. The van der Waals surface area contributed by atoms with E-state index in [0.717, 1.165) is 44.0 Å². The van der Waals surface area contributed by atoms with E-state index >= 15 is 0 Å². The lowest BCUT2D eigenvalue weighted by Crippen LogP contribution is -2.46. The number of nitrogens with one attached hydrogen (secondary N) is 1. The highest BCUT2D eigenvalue weighted by Gasteiger charge is 2.27. The van der Waals surface area contributed by atoms with E-state index in [-0.39, 0.29) is 18.4 Å². The van der Waals surface area contributed by atoms with Gasteiger partial charge >= 0.3 is 0 Å². The van der Waals surface area contributed by atoms with Gasteiger partial charge < -0.3 is 19.4 Å². The van der Waals surface area contributed by atoms with Crippen LogP contribution in [0.2, 0.25) is 5.02 Å². The molecule has 1 aromatic carbocycles. The number of hydrogen-bond acceptors (Lipinski definition) is 5. The number of piperazine rings is 1. The summed E-state index contributed by atoms with van der Waals surface area (Å²) in [6.45, 7) is 6.26. The van der Waals surface area contributed by atoms with Gasteiger partial charge in [-0.25, -0.2) is 4.98 Å². The Morgan fingerprint density at radius 1 is 1.37 bits per heavy atom. The highest BCUT2D eigenvalue weighted by atomic mass is 35.5. The number of methoxy groups -OCH3 is 1. The molecule has 1 atom stereocenters. The molecule has 0 amide bonds. The largest absolute Gasteiger partial charge is 0.493 e. The molecule has 1 fully saturated rings. The van der Waals surface area contributed by atoms with Gasteiger partial charge in [-0.05, 0) is 24.1 Å². The standard InChI is InChI=1S/C19H27ClN4O2.ClH/c1-4-9-26-18-15(20)10-14(11-17(18)25-3)13-24-8-5-21-12-16(24)19-22-6-7-23(19)2;/h6-7,10-11,16,21H,4-5,8-9,12-13H2,1-3H3;1H. The molecule has 27 heavy (non-hydrogen) atoms. The van der Waals surface area contributed by atoms with Crippen molar-refractivity contribution in [3.63, 3.8) is 0 Å². The molecule has 3 rings (SSSR count). The molecular weight excluding hydrogens is 387 g/mol. The van der Waals surface area contributed by atoms with Gasteiger partial charge in [0.05, 0.1) is 24.8 Å². The first kappa shape index (κ1) is 21.8. The van der Waals surface area contributed by atoms with Crippen LogP contribution in [0.5, 0.6) is 11.5 Å². The molecule has 0 radical (unpaired) electrons. The van der Waals surface area contributed by atoms with Crippen molar-refractivity contribution in [1.82, 2.24) is 19.8 Å². The second kappa shape index (κ2) is 10.2. The first-order valence-corrected chi connectivity index (χ1v) is 9.43. The summed E-state index contributed by atoms with van der Waals surface area (Å²) in [6, 6.07) is 4.23. The van der Waals surface area contributed by atoms with Gasteiger partial charge in [-0.15, -0.1) is 12.4 Å². The van der Waals surface area contributed by atoms with Crippen molar-refractivity contribution in [3.8, 4) is 11.5 Å². The van der Waals surface area contributed by atoms with Crippen LogP contribution in [0.25, 0.3) is 0 Å². The Morgan fingerprint density at radius 3 is 2.85 bits per heavy atom. The van der Waals surface area contributed by atoms with E-state index in [9.17, 15) is 0 Å². The highest BCUT2D eigenvalue weighted by molar-refractivity contribution is 6.32. The maximum absolute atomic E-state index is 6.48. The molecule has 0 bridgehead atoms. The molecule has 1 unspecified atom stereocenters. The van der Waals surface area contributed by atoms with E-state index in [2.05, 4.69) is 26.7 Å². The molecule has 0 aliphatic carbocycles. The van der Waals surface area contributed by atoms with Crippen LogP contribution in [0.1, 0.15) is 30.8 Å². The maximum atomic E-state index is 6.48. The lowest BCUT2D eigenvalue weighted by atomic mass is 10.1. The van der Waals surface area contributed by atoms with Gasteiger partial charge in [0, 0.05) is 45.6 Å². The summed E-state index contributed by atoms with van der Waals surface area (Å²) < 4.78 is 13.4. The number of nitrogens with zero attached hydrogens (tertiary/aromatic N) is 3. The zero-order valence-corrected chi connectivity index (χ0v) is 17.6. The smallest absolute Gasteiger partial charge is 0.179 e. The normalized spacial score (nSPS) is 17.4. The van der Waals surface area contributed by atoms with E-state index in [4.69, 9.17) is 21.1 Å². The van der Waals surface area contributed by atoms with E-state index in [1.165, 1.54) is 0 Å². The molecule has 8 heteroatoms. The molecule has 2 aromatic rings. The second-order valence-corrected chi connectivity index (χ2v) is 6.95. The predicted octanol–water partition coefficient (Wildman–Crippen LogP) is 3.44. The van der Waals surface area contributed by atoms with Crippen LogP contribution in [-0.2, 0) is 13.6 Å². The van der Waals surface area contributed by atoms with E-state index in [1.54, 1.807) is 7.11 Å². The quantitative estimate of drug-likeness (QED) is 0.751. The molecule has 0 saturated carbocycles. The van der Waals surface area contributed by atoms with Gasteiger partial charge in [-0.1, -0.05) is 18.5 Å². The first-order chi connectivity index (χ1) is 12.6. The fourth-order valence-corrected chi connectivity index (χ4v) is 3.62. The van der Waals surface area contributed by atoms with Crippen molar-refractivity contribution in [2.45, 2.75) is 25.9 Å². The molecule has 1 N–H and O–H groups in total. The van der Waals surface area contributed by atoms with Crippen molar-refractivity contribution in [2.24, 2.45) is 7.05 Å². The van der Waals surface area contributed by atoms with E-state index < -0.39 is 0 Å². The number of aromatic nitrogens is 2. The molecule has 1 aliphatic heterocycles. The number of aryl methyl sites for hydroxylation is 1. The van der Waals surface area contributed by atoms with Crippen LogP contribution in [0.15, 0.2) is 24.5 Å². The third-order valence-corrected chi connectivity index (χ3v) is 4.92. The average molecular weight is 415 g/mol. The minimum atomic E-state index is 0. The highest BCUT2D eigenvalue weighted by Crippen LogP contribution is 2.37. The Bertz CT molecular complexity index is 738. The molecule has 1 aromatic heterocycles. The molecular formula is C19H28Cl2N4O2. The first-order valence-electron chi connectivity index (χ1n) is 9.05. The van der Waals surface area contributed by atoms with Crippen molar-refractivity contribution in [2.75, 3.05) is 33.4 Å². The van der Waals surface area contributed by atoms with Crippen LogP contribution in [0, 0.1) is 0 Å². The van der Waals surface area contributed by atoms with Crippen LogP contribution in [0.3, 0.4) is 0 Å². The summed E-state index contributed by atoms with van der Waals surface area (Å²) in [5.74, 6) is 2.38. The van der Waals surface area contributed by atoms with Crippen molar-refractivity contribution in [3.05, 3.63) is 40.9 Å². The molecule has 1 aliphatic rings. The summed E-state index contributed by atoms with van der Waals surface area (Å²) in [5, 5.41) is 4.06. The monoisotopic (exact) mass is 414 g/mol. The van der Waals surface area contributed by atoms with Crippen LogP contribution in [0.4, 0.5) is 0 Å². The number of rotatable bonds is 7. The lowest BCUT2D eigenvalue weighted by Gasteiger charge is -2.35. The van der Waals surface area contributed by atoms with E-state index in [1.807, 2.05) is 31.6 Å². The van der Waals surface area contributed by atoms with Crippen LogP contribution < -0.4 is 14.8 Å². The molecule has 6 nitrogen and oxygen atoms in total. The second-order valence-electron chi connectivity index (χ2n) is 6.54. The summed E-state index contributed by atoms with van der Waals surface area (Å²) in [4.78, 5) is 6.97. The third-order valence-electron chi connectivity index (χ3n) is 4.64. The van der Waals surface area contributed by atoms with Gasteiger partial charge in [0.2, 0.25) is 0 Å². The number of imidazole rings is 1. The SMILES string of the molecule is CCCOc1c(Cl)cc(CN2CCNCC2c2nccn2C)cc1OC.Cl. The fraction of sp³-hybridized carbons (Fsp3) is 0.526. The van der Waals surface area contributed by atoms with Crippen LogP contribution >= 0.6 is 24.0 Å². The third kappa shape index (κ3) is 5.08. The number of halogens is 2. The summed E-state index contributed by atoms with van der Waals surface area (Å²) in [7, 11) is 3.69. The molecule has 2 heterocycles. The number of hydrogen-bond donors (Lipinski definition) is 1. The summed E-state index contributed by atoms with van der Waals surface area (Å²) in [6.07, 6.45) is 4.76. The minimum Gasteiger partial charge on any atom is -0.493 e.